The van der Waals surface area contributed by atoms with Crippen LogP contribution in [0.5, 0.6) is 0 Å². The maximum atomic E-state index is 11.5. The molecule has 0 unspecified atom stereocenters. The Bertz CT molecular complexity index is 888. The second-order valence-corrected chi connectivity index (χ2v) is 8.43. The third-order valence-corrected chi connectivity index (χ3v) is 5.87. The Morgan fingerprint density at radius 2 is 1.94 bits per heavy atom. The number of unbranched alkanes of at least 4 members (excludes halogenated alkanes) is 1. The molecule has 2 heterocycles. The average Bonchev–Trinajstić information content (AvgIpc) is 2.82. The number of guanidine groups is 1. The largest absolute Gasteiger partial charge is 0.369 e. The maximum absolute atomic E-state index is 11.5. The Morgan fingerprint density at radius 1 is 1.19 bits per heavy atom. The van der Waals surface area contributed by atoms with Gasteiger partial charge in [-0.3, -0.25) is 4.79 Å². The predicted molar refractivity (Wildman–Crippen MR) is 130 cm³/mol. The molecule has 0 atom stereocenters. The van der Waals surface area contributed by atoms with E-state index in [1.807, 2.05) is 12.3 Å². The lowest BCUT2D eigenvalue weighted by Gasteiger charge is -2.32. The molecule has 1 aliphatic heterocycles. The first-order valence-corrected chi connectivity index (χ1v) is 11.6. The van der Waals surface area contributed by atoms with Crippen molar-refractivity contribution in [3.05, 3.63) is 59.3 Å². The number of carbonyl (C=O) groups excluding carboxylic acids is 1. The zero-order valence-electron chi connectivity index (χ0n) is 19.3. The molecule has 0 aliphatic carbocycles. The van der Waals surface area contributed by atoms with Crippen LogP contribution in [-0.4, -0.2) is 36.5 Å². The van der Waals surface area contributed by atoms with Crippen molar-refractivity contribution in [2.24, 2.45) is 16.6 Å². The highest BCUT2D eigenvalue weighted by atomic mass is 16.1. The molecular weight excluding hydrogens is 400 g/mol. The van der Waals surface area contributed by atoms with Gasteiger partial charge in [0.25, 0.3) is 0 Å². The van der Waals surface area contributed by atoms with E-state index in [0.29, 0.717) is 13.1 Å². The Morgan fingerprint density at radius 3 is 2.62 bits per heavy atom. The van der Waals surface area contributed by atoms with Crippen molar-refractivity contribution < 1.29 is 4.79 Å². The van der Waals surface area contributed by atoms with Gasteiger partial charge in [-0.25, -0.2) is 9.98 Å². The summed E-state index contributed by atoms with van der Waals surface area (Å²) in [5.74, 6) is 1.55. The number of piperidine rings is 1. The molecule has 0 radical (unpaired) electrons. The number of aryl methyl sites for hydroxylation is 1. The molecule has 1 fully saturated rings. The van der Waals surface area contributed by atoms with E-state index in [-0.39, 0.29) is 11.8 Å². The number of aliphatic imine (C=N–C) groups is 1. The van der Waals surface area contributed by atoms with Crippen LogP contribution in [0.1, 0.15) is 49.3 Å². The van der Waals surface area contributed by atoms with Crippen molar-refractivity contribution in [3.8, 4) is 0 Å². The van der Waals surface area contributed by atoms with Crippen LogP contribution in [0.25, 0.3) is 0 Å². The van der Waals surface area contributed by atoms with E-state index in [1.54, 1.807) is 0 Å². The summed E-state index contributed by atoms with van der Waals surface area (Å²) in [7, 11) is 0. The Kier molecular flexibility index (Phi) is 8.90. The Labute approximate surface area is 191 Å². The molecule has 4 N–H and O–H groups in total. The second-order valence-electron chi connectivity index (χ2n) is 8.43. The first kappa shape index (κ1) is 23.6. The smallest absolute Gasteiger partial charge is 0.220 e. The summed E-state index contributed by atoms with van der Waals surface area (Å²) in [5.41, 5.74) is 9.04. The van der Waals surface area contributed by atoms with E-state index in [2.05, 4.69) is 64.7 Å². The number of primary amides is 1. The normalized spacial score (nSPS) is 14.9. The van der Waals surface area contributed by atoms with Crippen LogP contribution in [0.2, 0.25) is 0 Å². The molecule has 2 aromatic rings. The monoisotopic (exact) mass is 436 g/mol. The molecule has 7 nitrogen and oxygen atoms in total. The van der Waals surface area contributed by atoms with Crippen molar-refractivity contribution in [2.45, 2.75) is 52.6 Å². The molecule has 172 valence electrons. The van der Waals surface area contributed by atoms with Gasteiger partial charge < -0.3 is 21.3 Å². The number of aromatic nitrogens is 1. The van der Waals surface area contributed by atoms with Gasteiger partial charge in [-0.2, -0.15) is 0 Å². The predicted octanol–water partition coefficient (Wildman–Crippen LogP) is 3.13. The van der Waals surface area contributed by atoms with Gasteiger partial charge >= 0.3 is 0 Å². The number of benzene rings is 1. The minimum absolute atomic E-state index is 0.0280. The number of anilines is 1. The van der Waals surface area contributed by atoms with Crippen LogP contribution < -0.4 is 21.3 Å². The molecule has 0 bridgehead atoms. The van der Waals surface area contributed by atoms with Crippen LogP contribution in [0.3, 0.4) is 0 Å². The van der Waals surface area contributed by atoms with Crippen molar-refractivity contribution in [2.75, 3.05) is 24.5 Å². The highest BCUT2D eigenvalue weighted by Gasteiger charge is 2.24. The van der Waals surface area contributed by atoms with E-state index in [0.717, 1.165) is 62.7 Å². The summed E-state index contributed by atoms with van der Waals surface area (Å²) in [6.07, 6.45) is 5.61. The molecule has 1 amide bonds. The molecule has 32 heavy (non-hydrogen) atoms. The Hall–Kier alpha value is -3.09. The lowest BCUT2D eigenvalue weighted by Crippen LogP contribution is -2.40. The summed E-state index contributed by atoms with van der Waals surface area (Å²) in [6, 6.07) is 12.5. The second kappa shape index (κ2) is 12.1. The van der Waals surface area contributed by atoms with Crippen LogP contribution in [0.4, 0.5) is 5.82 Å². The number of hydrogen-bond donors (Lipinski definition) is 3. The van der Waals surface area contributed by atoms with E-state index < -0.39 is 0 Å². The topological polar surface area (TPSA) is 95.6 Å². The maximum Gasteiger partial charge on any atom is 0.220 e. The van der Waals surface area contributed by atoms with Gasteiger partial charge in [0.05, 0.1) is 6.54 Å². The van der Waals surface area contributed by atoms with Crippen LogP contribution in [0.15, 0.2) is 47.6 Å². The lowest BCUT2D eigenvalue weighted by atomic mass is 9.96. The van der Waals surface area contributed by atoms with E-state index in [1.165, 1.54) is 11.1 Å². The number of nitrogens with one attached hydrogen (secondary N) is 2. The van der Waals surface area contributed by atoms with Crippen LogP contribution >= 0.6 is 0 Å². The number of rotatable bonds is 9. The van der Waals surface area contributed by atoms with Gasteiger partial charge in [0.15, 0.2) is 5.96 Å². The average molecular weight is 437 g/mol. The fraction of sp³-hybridized carbons (Fsp3) is 0.480. The number of pyridine rings is 1. The minimum atomic E-state index is -0.194. The van der Waals surface area contributed by atoms with Crippen LogP contribution in [-0.2, 0) is 17.9 Å². The summed E-state index contributed by atoms with van der Waals surface area (Å²) in [5, 5.41) is 6.92. The minimum Gasteiger partial charge on any atom is -0.369 e. The zero-order valence-corrected chi connectivity index (χ0v) is 19.3. The standard InChI is InChI=1S/C25H36N6O/c1-3-4-13-28-25(29-17-20-9-7-19(2)8-10-20)30-18-22-6-5-14-27-24(22)31-15-11-21(12-16-31)23(26)32/h5-10,14,21H,3-4,11-13,15-18H2,1-2H3,(H2,26,32)(H2,28,29,30). The third-order valence-electron chi connectivity index (χ3n) is 5.87. The number of amides is 1. The van der Waals surface area contributed by atoms with E-state index >= 15 is 0 Å². The van der Waals surface area contributed by atoms with Gasteiger partial charge in [0, 0.05) is 43.9 Å². The summed E-state index contributed by atoms with van der Waals surface area (Å²) in [4.78, 5) is 23.2. The number of hydrogen-bond acceptors (Lipinski definition) is 4. The molecule has 0 saturated carbocycles. The lowest BCUT2D eigenvalue weighted by molar-refractivity contribution is -0.122. The third kappa shape index (κ3) is 6.97. The number of carbonyl (C=O) groups is 1. The SMILES string of the molecule is CCCCNC(=NCc1ccc(C)cc1)NCc1cccnc1N1CCC(C(N)=O)CC1. The van der Waals surface area contributed by atoms with Crippen molar-refractivity contribution >= 4 is 17.7 Å². The molecule has 1 aliphatic rings. The Balaban J connectivity index is 1.65. The van der Waals surface area contributed by atoms with Gasteiger partial charge in [-0.05, 0) is 37.8 Å². The highest BCUT2D eigenvalue weighted by Crippen LogP contribution is 2.24. The number of nitrogens with zero attached hydrogens (tertiary/aromatic N) is 3. The fourth-order valence-electron chi connectivity index (χ4n) is 3.83. The summed E-state index contributed by atoms with van der Waals surface area (Å²) >= 11 is 0. The molecule has 1 saturated heterocycles. The first-order valence-electron chi connectivity index (χ1n) is 11.6. The molecule has 7 heteroatoms. The van der Waals surface area contributed by atoms with E-state index in [4.69, 9.17) is 10.7 Å². The number of nitrogens with two attached hydrogens (primary N) is 1. The quantitative estimate of drug-likeness (QED) is 0.319. The van der Waals surface area contributed by atoms with Gasteiger partial charge in [0.1, 0.15) is 5.82 Å². The fourth-order valence-corrected chi connectivity index (χ4v) is 3.83. The summed E-state index contributed by atoms with van der Waals surface area (Å²) < 4.78 is 0. The van der Waals surface area contributed by atoms with Gasteiger partial charge in [0.2, 0.25) is 5.91 Å². The summed E-state index contributed by atoms with van der Waals surface area (Å²) in [6.45, 7) is 8.00. The molecule has 1 aromatic heterocycles. The highest BCUT2D eigenvalue weighted by molar-refractivity contribution is 5.80. The van der Waals surface area contributed by atoms with Gasteiger partial charge in [-0.15, -0.1) is 0 Å². The van der Waals surface area contributed by atoms with Gasteiger partial charge in [-0.1, -0.05) is 49.2 Å². The van der Waals surface area contributed by atoms with Crippen LogP contribution in [0, 0.1) is 12.8 Å². The molecule has 1 aromatic carbocycles. The first-order chi connectivity index (χ1) is 15.6. The van der Waals surface area contributed by atoms with Crippen molar-refractivity contribution in [1.29, 1.82) is 0 Å². The van der Waals surface area contributed by atoms with E-state index in [9.17, 15) is 4.79 Å². The zero-order chi connectivity index (χ0) is 22.8. The van der Waals surface area contributed by atoms with Crippen molar-refractivity contribution in [3.63, 3.8) is 0 Å². The molecule has 0 spiro atoms. The molecule has 3 rings (SSSR count). The van der Waals surface area contributed by atoms with Crippen molar-refractivity contribution in [1.82, 2.24) is 15.6 Å². The molecular formula is C25H36N6O.